The van der Waals surface area contributed by atoms with Crippen molar-refractivity contribution in [1.82, 2.24) is 15.5 Å². The monoisotopic (exact) mass is 381 g/mol. The van der Waals surface area contributed by atoms with E-state index in [9.17, 15) is 4.79 Å². The van der Waals surface area contributed by atoms with Crippen molar-refractivity contribution in [3.63, 3.8) is 0 Å². The molecule has 0 radical (unpaired) electrons. The zero-order chi connectivity index (χ0) is 18.4. The highest BCUT2D eigenvalue weighted by Gasteiger charge is 2.29. The highest BCUT2D eigenvalue weighted by molar-refractivity contribution is 6.42. The molecule has 3 atom stereocenters. The summed E-state index contributed by atoms with van der Waals surface area (Å²) in [7, 11) is 3.81. The molecule has 0 spiro atoms. The van der Waals surface area contributed by atoms with E-state index in [1.54, 1.807) is 23.1 Å². The number of carbonyl (C=O) groups is 1. The summed E-state index contributed by atoms with van der Waals surface area (Å²) in [6.07, 6.45) is 4.50. The number of benzene rings is 1. The normalized spacial score (nSPS) is 21.0. The Labute approximate surface area is 160 Å². The molecule has 1 saturated carbocycles. The summed E-state index contributed by atoms with van der Waals surface area (Å²) in [6.45, 7) is 1.87. The lowest BCUT2D eigenvalue weighted by Gasteiger charge is -2.38. The molecule has 3 unspecified atom stereocenters. The van der Waals surface area contributed by atoms with Crippen molar-refractivity contribution in [2.45, 2.75) is 50.7 Å². The highest BCUT2D eigenvalue weighted by Crippen LogP contribution is 2.23. The van der Waals surface area contributed by atoms with Gasteiger partial charge in [0.25, 0.3) is 0 Å². The fourth-order valence-corrected chi connectivity index (χ4v) is 3.45. The van der Waals surface area contributed by atoms with Gasteiger partial charge in [-0.1, -0.05) is 47.9 Å². The van der Waals surface area contributed by atoms with E-state index in [1.807, 2.05) is 21.0 Å². The molecule has 2 amide bonds. The summed E-state index contributed by atoms with van der Waals surface area (Å²) in [5.41, 5.74) is 0.770. The molecule has 1 aliphatic rings. The van der Waals surface area contributed by atoms with E-state index in [2.05, 4.69) is 22.5 Å². The number of nitrogens with one attached hydrogen (secondary N) is 2. The topological polar surface area (TPSA) is 44.4 Å². The lowest BCUT2D eigenvalue weighted by Crippen LogP contribution is -2.54. The van der Waals surface area contributed by atoms with Crippen LogP contribution in [-0.2, 0) is 0 Å². The summed E-state index contributed by atoms with van der Waals surface area (Å²) in [6, 6.07) is 5.45. The molecule has 6 heteroatoms. The molecule has 0 aromatic heterocycles. The molecule has 1 aromatic rings. The van der Waals surface area contributed by atoms with Crippen LogP contribution in [0.15, 0.2) is 18.2 Å². The fraction of sp³-hybridized carbons (Fsp3) is 0.526. The maximum atomic E-state index is 12.5. The van der Waals surface area contributed by atoms with Crippen LogP contribution >= 0.6 is 23.2 Å². The van der Waals surface area contributed by atoms with E-state index in [1.165, 1.54) is 6.42 Å². The largest absolute Gasteiger partial charge is 0.325 e. The first-order chi connectivity index (χ1) is 11.9. The van der Waals surface area contributed by atoms with Gasteiger partial charge in [0.05, 0.1) is 16.1 Å². The number of amides is 2. The number of nitrogens with zero attached hydrogens (tertiary/aromatic N) is 1. The number of hydrogen-bond donors (Lipinski definition) is 2. The van der Waals surface area contributed by atoms with Crippen LogP contribution in [0, 0.1) is 11.8 Å². The van der Waals surface area contributed by atoms with Crippen molar-refractivity contribution in [2.75, 3.05) is 14.1 Å². The molecule has 1 fully saturated rings. The van der Waals surface area contributed by atoms with Gasteiger partial charge in [0.2, 0.25) is 0 Å². The van der Waals surface area contributed by atoms with Gasteiger partial charge in [-0.15, -0.1) is 0 Å². The molecule has 136 valence electrons. The van der Waals surface area contributed by atoms with E-state index in [0.717, 1.165) is 24.8 Å². The Kier molecular flexibility index (Phi) is 7.43. The van der Waals surface area contributed by atoms with E-state index in [-0.39, 0.29) is 18.1 Å². The minimum Gasteiger partial charge on any atom is -0.325 e. The Morgan fingerprint density at radius 1 is 1.28 bits per heavy atom. The van der Waals surface area contributed by atoms with Crippen LogP contribution < -0.4 is 10.6 Å². The average Bonchev–Trinajstić information content (AvgIpc) is 2.62. The van der Waals surface area contributed by atoms with Gasteiger partial charge in [-0.2, -0.15) is 0 Å². The first-order valence-electron chi connectivity index (χ1n) is 8.59. The summed E-state index contributed by atoms with van der Waals surface area (Å²) >= 11 is 11.9. The Morgan fingerprint density at radius 2 is 2.00 bits per heavy atom. The molecular formula is C19H25Cl2N3O. The molecular weight excluding hydrogens is 357 g/mol. The first kappa shape index (κ1) is 19.9. The van der Waals surface area contributed by atoms with E-state index < -0.39 is 0 Å². The van der Waals surface area contributed by atoms with Gasteiger partial charge in [0, 0.05) is 24.7 Å². The van der Waals surface area contributed by atoms with E-state index >= 15 is 0 Å². The molecule has 2 rings (SSSR count). The summed E-state index contributed by atoms with van der Waals surface area (Å²) in [4.78, 5) is 14.3. The Balaban J connectivity index is 1.95. The number of hydrogen-bond acceptors (Lipinski definition) is 2. The number of carbonyl (C=O) groups excluding carboxylic acids is 1. The van der Waals surface area contributed by atoms with Crippen LogP contribution in [0.2, 0.25) is 10.0 Å². The quantitative estimate of drug-likeness (QED) is 0.779. The Morgan fingerprint density at radius 3 is 2.68 bits per heavy atom. The third-order valence-electron chi connectivity index (χ3n) is 4.61. The van der Waals surface area contributed by atoms with Crippen molar-refractivity contribution in [3.8, 4) is 11.8 Å². The van der Waals surface area contributed by atoms with Crippen molar-refractivity contribution < 1.29 is 4.79 Å². The molecule has 0 saturated heterocycles. The second-order valence-corrected chi connectivity index (χ2v) is 7.24. The van der Waals surface area contributed by atoms with Gasteiger partial charge in [0.1, 0.15) is 0 Å². The van der Waals surface area contributed by atoms with E-state index in [4.69, 9.17) is 23.2 Å². The lowest BCUT2D eigenvalue weighted by atomic mass is 9.89. The summed E-state index contributed by atoms with van der Waals surface area (Å²) < 4.78 is 0. The van der Waals surface area contributed by atoms with Crippen LogP contribution in [0.3, 0.4) is 0 Å². The average molecular weight is 382 g/mol. The van der Waals surface area contributed by atoms with Crippen LogP contribution in [-0.4, -0.2) is 43.2 Å². The minimum absolute atomic E-state index is 0.0944. The van der Waals surface area contributed by atoms with Crippen LogP contribution in [0.5, 0.6) is 0 Å². The first-order valence-corrected chi connectivity index (χ1v) is 9.35. The standard InChI is InChI=1S/C19H25Cl2N3O/c1-13(8-9-14-10-11-15(20)16(21)12-14)23-19(25)24(3)18-7-5-4-6-17(18)22-2/h10-13,17-18,22H,4-7H2,1-3H3,(H,23,25). The third kappa shape index (κ3) is 5.54. The van der Waals surface area contributed by atoms with Crippen molar-refractivity contribution in [1.29, 1.82) is 0 Å². The van der Waals surface area contributed by atoms with Crippen LogP contribution in [0.4, 0.5) is 4.79 Å². The Bertz CT molecular complexity index is 668. The van der Waals surface area contributed by atoms with Gasteiger partial charge in [0.15, 0.2) is 0 Å². The third-order valence-corrected chi connectivity index (χ3v) is 5.35. The predicted octanol–water partition coefficient (Wildman–Crippen LogP) is 3.91. The molecule has 25 heavy (non-hydrogen) atoms. The van der Waals surface area contributed by atoms with Gasteiger partial charge < -0.3 is 15.5 Å². The Hall–Kier alpha value is -1.41. The number of urea groups is 1. The van der Waals surface area contributed by atoms with E-state index in [0.29, 0.717) is 16.1 Å². The van der Waals surface area contributed by atoms with Gasteiger partial charge in [-0.25, -0.2) is 4.79 Å². The summed E-state index contributed by atoms with van der Waals surface area (Å²) in [5.74, 6) is 6.05. The minimum atomic E-state index is -0.263. The lowest BCUT2D eigenvalue weighted by molar-refractivity contribution is 0.153. The smallest absolute Gasteiger partial charge is 0.318 e. The molecule has 0 bridgehead atoms. The fourth-order valence-electron chi connectivity index (χ4n) is 3.15. The van der Waals surface area contributed by atoms with Crippen molar-refractivity contribution in [2.24, 2.45) is 0 Å². The maximum Gasteiger partial charge on any atom is 0.318 e. The zero-order valence-corrected chi connectivity index (χ0v) is 16.4. The van der Waals surface area contributed by atoms with Gasteiger partial charge >= 0.3 is 6.03 Å². The molecule has 0 heterocycles. The van der Waals surface area contributed by atoms with Gasteiger partial charge in [-0.05, 0) is 45.0 Å². The SMILES string of the molecule is CNC1CCCCC1N(C)C(=O)NC(C)C#Cc1ccc(Cl)c(Cl)c1. The highest BCUT2D eigenvalue weighted by atomic mass is 35.5. The zero-order valence-electron chi connectivity index (χ0n) is 14.9. The van der Waals surface area contributed by atoms with Crippen molar-refractivity contribution in [3.05, 3.63) is 33.8 Å². The summed E-state index contributed by atoms with van der Waals surface area (Å²) in [5, 5.41) is 7.25. The van der Waals surface area contributed by atoms with Crippen LogP contribution in [0.25, 0.3) is 0 Å². The predicted molar refractivity (Wildman–Crippen MR) is 104 cm³/mol. The number of rotatable bonds is 3. The second kappa shape index (κ2) is 9.33. The van der Waals surface area contributed by atoms with Gasteiger partial charge in [-0.3, -0.25) is 0 Å². The molecule has 1 aromatic carbocycles. The number of likely N-dealkylation sites (N-methyl/N-ethyl adjacent to an activating group) is 2. The molecule has 1 aliphatic carbocycles. The van der Waals surface area contributed by atoms with Crippen LogP contribution in [0.1, 0.15) is 38.2 Å². The molecule has 0 aliphatic heterocycles. The number of halogens is 2. The maximum absolute atomic E-state index is 12.5. The molecule has 2 N–H and O–H groups in total. The van der Waals surface area contributed by atoms with Crippen molar-refractivity contribution >= 4 is 29.2 Å². The second-order valence-electron chi connectivity index (χ2n) is 6.43. The molecule has 4 nitrogen and oxygen atoms in total.